The maximum absolute atomic E-state index is 13.7. The van der Waals surface area contributed by atoms with Gasteiger partial charge in [-0.1, -0.05) is 0 Å². The second kappa shape index (κ2) is 5.47. The molecule has 0 spiro atoms. The van der Waals surface area contributed by atoms with Crippen LogP contribution in [0, 0.1) is 17.5 Å². The fourth-order valence-electron chi connectivity index (χ4n) is 2.00. The van der Waals surface area contributed by atoms with E-state index in [1.54, 1.807) is 0 Å². The molecule has 3 rings (SSSR count). The molecule has 21 heavy (non-hydrogen) atoms. The number of carbonyl (C=O) groups is 1. The molecule has 0 atom stereocenters. The van der Waals surface area contributed by atoms with Gasteiger partial charge in [-0.2, -0.15) is 0 Å². The molecule has 1 saturated carbocycles. The first-order chi connectivity index (χ1) is 9.82. The summed E-state index contributed by atoms with van der Waals surface area (Å²) in [6.45, 7) is 0. The molecule has 0 aliphatic heterocycles. The summed E-state index contributed by atoms with van der Waals surface area (Å²) in [5.41, 5.74) is -0.645. The van der Waals surface area contributed by atoms with E-state index < -0.39 is 29.0 Å². The number of fused-ring (bicyclic) bond motifs is 1. The number of halogens is 3. The minimum absolute atomic E-state index is 0.0810. The molecule has 2 N–H and O–H groups in total. The van der Waals surface area contributed by atoms with Gasteiger partial charge in [0.25, 0.3) is 0 Å². The summed E-state index contributed by atoms with van der Waals surface area (Å²) in [6.07, 6.45) is 1.32. The molecule has 1 aliphatic carbocycles. The Morgan fingerprint density at radius 3 is 2.29 bits per heavy atom. The van der Waals surface area contributed by atoms with E-state index >= 15 is 0 Å². The summed E-state index contributed by atoms with van der Waals surface area (Å²) in [4.78, 5) is 20.1. The maximum atomic E-state index is 13.7. The molecule has 0 radical (unpaired) electrons. The van der Waals surface area contributed by atoms with Crippen LogP contribution in [0.2, 0.25) is 0 Å². The molecular formula is C13H10F3NO4. The Kier molecular flexibility index (Phi) is 3.88. The Labute approximate surface area is 115 Å². The molecule has 8 heteroatoms. The van der Waals surface area contributed by atoms with Gasteiger partial charge >= 0.3 is 6.16 Å². The van der Waals surface area contributed by atoms with Crippen LogP contribution >= 0.6 is 0 Å². The molecular weight excluding hydrogens is 291 g/mol. The van der Waals surface area contributed by atoms with Gasteiger partial charge in [0.2, 0.25) is 0 Å². The van der Waals surface area contributed by atoms with E-state index in [4.69, 9.17) is 15.0 Å². The second-order valence-corrected chi connectivity index (χ2v) is 4.48. The summed E-state index contributed by atoms with van der Waals surface area (Å²) in [5.74, 6) is -4.15. The van der Waals surface area contributed by atoms with Gasteiger partial charge in [0.05, 0.1) is 10.9 Å². The largest absolute Gasteiger partial charge is 0.503 e. The first-order valence-electron chi connectivity index (χ1n) is 5.93. The number of aromatic nitrogens is 1. The molecule has 1 aromatic carbocycles. The quantitative estimate of drug-likeness (QED) is 0.794. The third-order valence-corrected chi connectivity index (χ3v) is 2.99. The van der Waals surface area contributed by atoms with Crippen LogP contribution < -0.4 is 5.43 Å². The number of nitrogens with zero attached hydrogens (tertiary/aromatic N) is 1. The first kappa shape index (κ1) is 14.9. The van der Waals surface area contributed by atoms with Crippen LogP contribution in [0.4, 0.5) is 18.0 Å². The summed E-state index contributed by atoms with van der Waals surface area (Å²) in [7, 11) is 0. The van der Waals surface area contributed by atoms with Crippen LogP contribution in [0.15, 0.2) is 23.1 Å². The van der Waals surface area contributed by atoms with E-state index in [1.165, 1.54) is 16.8 Å². The zero-order valence-corrected chi connectivity index (χ0v) is 10.5. The molecule has 1 heterocycles. The lowest BCUT2D eigenvalue weighted by Gasteiger charge is -2.10. The van der Waals surface area contributed by atoms with E-state index in [9.17, 15) is 18.0 Å². The Hall–Kier alpha value is -2.51. The van der Waals surface area contributed by atoms with Gasteiger partial charge in [0.15, 0.2) is 22.9 Å². The minimum atomic E-state index is -1.83. The van der Waals surface area contributed by atoms with Gasteiger partial charge in [-0.15, -0.1) is 0 Å². The smallest absolute Gasteiger partial charge is 0.450 e. The predicted molar refractivity (Wildman–Crippen MR) is 67.0 cm³/mol. The summed E-state index contributed by atoms with van der Waals surface area (Å²) < 4.78 is 41.5. The van der Waals surface area contributed by atoms with E-state index in [2.05, 4.69) is 0 Å². The van der Waals surface area contributed by atoms with Crippen molar-refractivity contribution in [2.24, 2.45) is 0 Å². The summed E-state index contributed by atoms with van der Waals surface area (Å²) >= 11 is 0. The van der Waals surface area contributed by atoms with Crippen LogP contribution in [0.5, 0.6) is 0 Å². The van der Waals surface area contributed by atoms with E-state index in [1.807, 2.05) is 0 Å². The van der Waals surface area contributed by atoms with Crippen molar-refractivity contribution in [1.82, 2.24) is 4.57 Å². The molecule has 112 valence electrons. The second-order valence-electron chi connectivity index (χ2n) is 4.48. The van der Waals surface area contributed by atoms with Crippen molar-refractivity contribution >= 4 is 17.1 Å². The van der Waals surface area contributed by atoms with Crippen molar-refractivity contribution < 1.29 is 28.2 Å². The van der Waals surface area contributed by atoms with Gasteiger partial charge in [-0.25, -0.2) is 18.0 Å². The summed E-state index contributed by atoms with van der Waals surface area (Å²) in [5, 5.41) is 13.8. The van der Waals surface area contributed by atoms with Gasteiger partial charge < -0.3 is 14.8 Å². The fourth-order valence-corrected chi connectivity index (χ4v) is 2.00. The third kappa shape index (κ3) is 2.99. The van der Waals surface area contributed by atoms with E-state index in [0.717, 1.165) is 18.9 Å². The number of hydrogen-bond acceptors (Lipinski definition) is 2. The van der Waals surface area contributed by atoms with Crippen molar-refractivity contribution in [3.05, 3.63) is 46.0 Å². The zero-order chi connectivity index (χ0) is 15.7. The van der Waals surface area contributed by atoms with E-state index in [-0.39, 0.29) is 16.9 Å². The number of hydrogen-bond donors (Lipinski definition) is 2. The normalized spacial score (nSPS) is 13.7. The third-order valence-electron chi connectivity index (χ3n) is 2.99. The molecule has 0 amide bonds. The highest BCUT2D eigenvalue weighted by atomic mass is 19.2. The lowest BCUT2D eigenvalue weighted by atomic mass is 10.2. The lowest BCUT2D eigenvalue weighted by Crippen LogP contribution is -2.10. The molecule has 1 aromatic heterocycles. The number of carboxylic acid groups (broad SMARTS) is 2. The standard InChI is InChI=1S/C12H8F3NO.CH2O3/c13-8-5-7-9(17)3-4-16(6-1-2-6)12(7)11(15)10(8)14;2-1(3)4/h3-6H,1-2H2;(H2,2,3,4). The number of rotatable bonds is 1. The minimum Gasteiger partial charge on any atom is -0.450 e. The monoisotopic (exact) mass is 301 g/mol. The highest BCUT2D eigenvalue weighted by Gasteiger charge is 2.27. The van der Waals surface area contributed by atoms with Gasteiger partial charge in [-0.05, 0) is 18.9 Å². The van der Waals surface area contributed by atoms with Gasteiger partial charge in [0.1, 0.15) is 0 Å². The van der Waals surface area contributed by atoms with Crippen molar-refractivity contribution in [1.29, 1.82) is 0 Å². The SMILES string of the molecule is O=C(O)O.O=c1ccn(C2CC2)c2c(F)c(F)c(F)cc12. The Bertz CT molecular complexity index is 764. The number of benzene rings is 1. The molecule has 2 aromatic rings. The van der Waals surface area contributed by atoms with Gasteiger partial charge in [0, 0.05) is 18.3 Å². The first-order valence-corrected chi connectivity index (χ1v) is 5.93. The maximum Gasteiger partial charge on any atom is 0.503 e. The average Bonchev–Trinajstić information content (AvgIpc) is 3.21. The average molecular weight is 301 g/mol. The predicted octanol–water partition coefficient (Wildman–Crippen LogP) is 2.98. The Morgan fingerprint density at radius 1 is 1.19 bits per heavy atom. The molecule has 0 unspecified atom stereocenters. The van der Waals surface area contributed by atoms with Crippen molar-refractivity contribution in [2.75, 3.05) is 0 Å². The lowest BCUT2D eigenvalue weighted by molar-refractivity contribution is 0.137. The molecule has 0 saturated heterocycles. The molecule has 5 nitrogen and oxygen atoms in total. The van der Waals surface area contributed by atoms with Crippen molar-refractivity contribution in [3.8, 4) is 0 Å². The molecule has 1 aliphatic rings. The highest BCUT2D eigenvalue weighted by Crippen LogP contribution is 2.37. The van der Waals surface area contributed by atoms with E-state index in [0.29, 0.717) is 0 Å². The summed E-state index contributed by atoms with van der Waals surface area (Å²) in [6, 6.07) is 2.09. The van der Waals surface area contributed by atoms with Crippen LogP contribution in [-0.2, 0) is 0 Å². The van der Waals surface area contributed by atoms with Crippen molar-refractivity contribution in [2.45, 2.75) is 18.9 Å². The van der Waals surface area contributed by atoms with Crippen LogP contribution in [0.1, 0.15) is 18.9 Å². The van der Waals surface area contributed by atoms with Crippen molar-refractivity contribution in [3.63, 3.8) is 0 Å². The number of pyridine rings is 1. The highest BCUT2D eigenvalue weighted by molar-refractivity contribution is 5.80. The Morgan fingerprint density at radius 2 is 1.76 bits per heavy atom. The topological polar surface area (TPSA) is 79.5 Å². The van der Waals surface area contributed by atoms with Crippen LogP contribution in [0.25, 0.3) is 10.9 Å². The van der Waals surface area contributed by atoms with Gasteiger partial charge in [-0.3, -0.25) is 4.79 Å². The van der Waals surface area contributed by atoms with Crippen LogP contribution in [0.3, 0.4) is 0 Å². The Balaban J connectivity index is 0.000000361. The zero-order valence-electron chi connectivity index (χ0n) is 10.5. The van der Waals surface area contributed by atoms with Crippen LogP contribution in [-0.4, -0.2) is 20.9 Å². The fraction of sp³-hybridized carbons (Fsp3) is 0.231. The molecule has 1 fully saturated rings. The molecule has 0 bridgehead atoms.